The van der Waals surface area contributed by atoms with Crippen LogP contribution in [0.5, 0.6) is 0 Å². The molecule has 0 spiro atoms. The zero-order chi connectivity index (χ0) is 13.8. The van der Waals surface area contributed by atoms with Crippen LogP contribution in [0.3, 0.4) is 0 Å². The Bertz CT molecular complexity index is 496. The van der Waals surface area contributed by atoms with E-state index in [0.29, 0.717) is 14.9 Å². The molecule has 1 atom stereocenters. The minimum absolute atomic E-state index is 0.0859. The first-order chi connectivity index (χ1) is 9.08. The molecule has 5 heteroatoms. The molecule has 0 radical (unpaired) electrons. The maximum absolute atomic E-state index is 12.1. The number of rotatable bonds is 4. The van der Waals surface area contributed by atoms with Gasteiger partial charge in [-0.1, -0.05) is 42.5 Å². The molecule has 19 heavy (non-hydrogen) atoms. The van der Waals surface area contributed by atoms with Crippen molar-refractivity contribution in [3.05, 3.63) is 28.2 Å². The Morgan fingerprint density at radius 1 is 1.16 bits per heavy atom. The van der Waals surface area contributed by atoms with Crippen LogP contribution < -0.4 is 0 Å². The number of Topliss-reactive ketones (excluding diaryl/α,β-unsaturated/α-hetero) is 1. The maximum atomic E-state index is 12.1. The normalized spacial score (nSPS) is 18.2. The van der Waals surface area contributed by atoms with Crippen LogP contribution in [0, 0.1) is 5.92 Å². The first kappa shape index (κ1) is 15.0. The van der Waals surface area contributed by atoms with E-state index in [4.69, 9.17) is 23.2 Å². The van der Waals surface area contributed by atoms with Crippen molar-refractivity contribution in [2.45, 2.75) is 37.0 Å². The maximum Gasteiger partial charge on any atom is 0.148 e. The standard InChI is InChI=1S/C14H16Cl2O2S/c15-12-7-6-11(8-13(12)16)19(18)9-14(17)10-4-2-1-3-5-10/h6-8,10H,1-5,9H2. The predicted molar refractivity (Wildman–Crippen MR) is 79.3 cm³/mol. The van der Waals surface area contributed by atoms with Crippen LogP contribution in [0.15, 0.2) is 23.1 Å². The highest BCUT2D eigenvalue weighted by Gasteiger charge is 2.23. The Balaban J connectivity index is 1.99. The molecule has 0 aliphatic heterocycles. The van der Waals surface area contributed by atoms with Crippen LogP contribution in [0.4, 0.5) is 0 Å². The van der Waals surface area contributed by atoms with Crippen LogP contribution in [-0.2, 0) is 15.6 Å². The minimum atomic E-state index is -1.33. The SMILES string of the molecule is O=C(CS(=O)c1ccc(Cl)c(Cl)c1)C1CCCCC1. The molecule has 104 valence electrons. The van der Waals surface area contributed by atoms with Gasteiger partial charge in [0.05, 0.1) is 26.6 Å². The Kier molecular flexibility index (Phi) is 5.43. The fourth-order valence-electron chi connectivity index (χ4n) is 2.37. The van der Waals surface area contributed by atoms with Gasteiger partial charge in [0.15, 0.2) is 0 Å². The lowest BCUT2D eigenvalue weighted by Crippen LogP contribution is -2.23. The zero-order valence-electron chi connectivity index (χ0n) is 10.5. The smallest absolute Gasteiger partial charge is 0.148 e. The summed E-state index contributed by atoms with van der Waals surface area (Å²) in [5, 5.41) is 0.804. The molecule has 0 amide bonds. The molecular weight excluding hydrogens is 303 g/mol. The van der Waals surface area contributed by atoms with Gasteiger partial charge in [-0.25, -0.2) is 0 Å². The van der Waals surface area contributed by atoms with Crippen LogP contribution in [-0.4, -0.2) is 15.7 Å². The van der Waals surface area contributed by atoms with E-state index in [1.54, 1.807) is 18.2 Å². The van der Waals surface area contributed by atoms with Crippen molar-refractivity contribution >= 4 is 39.8 Å². The summed E-state index contributed by atoms with van der Waals surface area (Å²) in [7, 11) is -1.33. The summed E-state index contributed by atoms with van der Waals surface area (Å²) in [6.07, 6.45) is 5.31. The molecular formula is C14H16Cl2O2S. The molecule has 1 aromatic carbocycles. The van der Waals surface area contributed by atoms with Gasteiger partial charge in [-0.3, -0.25) is 9.00 Å². The molecule has 1 fully saturated rings. The van der Waals surface area contributed by atoms with Crippen LogP contribution in [0.25, 0.3) is 0 Å². The average Bonchev–Trinajstić information content (AvgIpc) is 2.42. The third kappa shape index (κ3) is 4.04. The van der Waals surface area contributed by atoms with Crippen molar-refractivity contribution in [2.24, 2.45) is 5.92 Å². The summed E-state index contributed by atoms with van der Waals surface area (Å²) >= 11 is 11.7. The van der Waals surface area contributed by atoms with Gasteiger partial charge in [0.2, 0.25) is 0 Å². The molecule has 1 unspecified atom stereocenters. The first-order valence-electron chi connectivity index (χ1n) is 6.44. The number of carbonyl (C=O) groups excluding carboxylic acids is 1. The van der Waals surface area contributed by atoms with E-state index in [9.17, 15) is 9.00 Å². The molecule has 0 bridgehead atoms. The summed E-state index contributed by atoms with van der Waals surface area (Å²) in [5.41, 5.74) is 0. The van der Waals surface area contributed by atoms with Gasteiger partial charge in [-0.05, 0) is 31.0 Å². The van der Waals surface area contributed by atoms with Crippen molar-refractivity contribution in [3.8, 4) is 0 Å². The summed E-state index contributed by atoms with van der Waals surface area (Å²) < 4.78 is 12.1. The molecule has 2 nitrogen and oxygen atoms in total. The number of hydrogen-bond donors (Lipinski definition) is 0. The molecule has 1 saturated carbocycles. The van der Waals surface area contributed by atoms with E-state index in [1.807, 2.05) is 0 Å². The van der Waals surface area contributed by atoms with Gasteiger partial charge in [0.25, 0.3) is 0 Å². The van der Waals surface area contributed by atoms with Gasteiger partial charge >= 0.3 is 0 Å². The third-order valence-corrected chi connectivity index (χ3v) is 5.55. The number of halogens is 2. The van der Waals surface area contributed by atoms with Crippen LogP contribution in [0.2, 0.25) is 10.0 Å². The largest absolute Gasteiger partial charge is 0.298 e. The number of ketones is 1. The quantitative estimate of drug-likeness (QED) is 0.831. The zero-order valence-corrected chi connectivity index (χ0v) is 12.9. The highest BCUT2D eigenvalue weighted by Crippen LogP contribution is 2.27. The van der Waals surface area contributed by atoms with Gasteiger partial charge in [0.1, 0.15) is 5.78 Å². The number of hydrogen-bond acceptors (Lipinski definition) is 2. The monoisotopic (exact) mass is 318 g/mol. The van der Waals surface area contributed by atoms with Crippen molar-refractivity contribution in [2.75, 3.05) is 5.75 Å². The summed E-state index contributed by atoms with van der Waals surface area (Å²) in [6.45, 7) is 0. The molecule has 1 aliphatic carbocycles. The lowest BCUT2D eigenvalue weighted by molar-refractivity contribution is -0.121. The highest BCUT2D eigenvalue weighted by molar-refractivity contribution is 7.85. The van der Waals surface area contributed by atoms with Gasteiger partial charge in [-0.2, -0.15) is 0 Å². The van der Waals surface area contributed by atoms with Gasteiger partial charge in [0, 0.05) is 10.8 Å². The van der Waals surface area contributed by atoms with E-state index in [0.717, 1.165) is 25.7 Å². The molecule has 2 rings (SSSR count). The molecule has 0 aromatic heterocycles. The second kappa shape index (κ2) is 6.87. The predicted octanol–water partition coefficient (Wildman–Crippen LogP) is 4.25. The molecule has 0 saturated heterocycles. The average molecular weight is 319 g/mol. The van der Waals surface area contributed by atoms with E-state index in [1.165, 1.54) is 6.42 Å². The van der Waals surface area contributed by atoms with Crippen molar-refractivity contribution < 1.29 is 9.00 Å². The van der Waals surface area contributed by atoms with E-state index >= 15 is 0 Å². The van der Waals surface area contributed by atoms with E-state index < -0.39 is 10.8 Å². The van der Waals surface area contributed by atoms with Crippen LogP contribution in [0.1, 0.15) is 32.1 Å². The minimum Gasteiger partial charge on any atom is -0.298 e. The van der Waals surface area contributed by atoms with Crippen LogP contribution >= 0.6 is 23.2 Å². The summed E-state index contributed by atoms with van der Waals surface area (Å²) in [6, 6.07) is 4.86. The second-order valence-electron chi connectivity index (χ2n) is 4.87. The van der Waals surface area contributed by atoms with Crippen molar-refractivity contribution in [1.29, 1.82) is 0 Å². The molecule has 1 aromatic rings. The topological polar surface area (TPSA) is 34.1 Å². The molecule has 0 N–H and O–H groups in total. The summed E-state index contributed by atoms with van der Waals surface area (Å²) in [4.78, 5) is 12.6. The van der Waals surface area contributed by atoms with E-state index in [-0.39, 0.29) is 17.5 Å². The Morgan fingerprint density at radius 2 is 1.84 bits per heavy atom. The Labute approximate surface area is 125 Å². The lowest BCUT2D eigenvalue weighted by Gasteiger charge is -2.19. The highest BCUT2D eigenvalue weighted by atomic mass is 35.5. The third-order valence-electron chi connectivity index (χ3n) is 3.49. The fraction of sp³-hybridized carbons (Fsp3) is 0.500. The van der Waals surface area contributed by atoms with E-state index in [2.05, 4.69) is 0 Å². The molecule has 0 heterocycles. The molecule has 1 aliphatic rings. The fourth-order valence-corrected chi connectivity index (χ4v) is 3.87. The lowest BCUT2D eigenvalue weighted by atomic mass is 9.87. The van der Waals surface area contributed by atoms with Gasteiger partial charge < -0.3 is 0 Å². The van der Waals surface area contributed by atoms with Gasteiger partial charge in [-0.15, -0.1) is 0 Å². The Morgan fingerprint density at radius 3 is 2.47 bits per heavy atom. The summed E-state index contributed by atoms with van der Waals surface area (Å²) in [5.74, 6) is 0.299. The second-order valence-corrected chi connectivity index (χ2v) is 7.13. The van der Waals surface area contributed by atoms with Crippen molar-refractivity contribution in [1.82, 2.24) is 0 Å². The number of benzene rings is 1. The van der Waals surface area contributed by atoms with Crippen molar-refractivity contribution in [3.63, 3.8) is 0 Å². The number of carbonyl (C=O) groups is 1. The first-order valence-corrected chi connectivity index (χ1v) is 8.51. The Hall–Kier alpha value is -0.380.